The third kappa shape index (κ3) is 6.44. The van der Waals surface area contributed by atoms with Crippen LogP contribution >= 0.6 is 11.8 Å². The Morgan fingerprint density at radius 2 is 1.74 bits per heavy atom. The van der Waals surface area contributed by atoms with Gasteiger partial charge in [-0.15, -0.1) is 0 Å². The Hall–Kier alpha value is -0.580. The summed E-state index contributed by atoms with van der Waals surface area (Å²) in [6.07, 6.45) is 2.83. The quantitative estimate of drug-likeness (QED) is 0.580. The van der Waals surface area contributed by atoms with Crippen LogP contribution < -0.4 is 0 Å². The largest absolute Gasteiger partial charge is 0.385 e. The van der Waals surface area contributed by atoms with Gasteiger partial charge in [-0.3, -0.25) is 8.98 Å². The first-order valence-electron chi connectivity index (χ1n) is 6.92. The Labute approximate surface area is 142 Å². The van der Waals surface area contributed by atoms with Crippen LogP contribution in [0.5, 0.6) is 0 Å². The Kier molecular flexibility index (Phi) is 6.33. The van der Waals surface area contributed by atoms with Gasteiger partial charge < -0.3 is 4.18 Å². The maximum absolute atomic E-state index is 11.9. The van der Waals surface area contributed by atoms with E-state index in [1.165, 1.54) is 0 Å². The maximum atomic E-state index is 11.9. The van der Waals surface area contributed by atoms with Gasteiger partial charge in [0.05, 0.1) is 23.9 Å². The molecular weight excluding hydrogens is 364 g/mol. The van der Waals surface area contributed by atoms with E-state index in [0.29, 0.717) is 18.4 Å². The highest BCUT2D eigenvalue weighted by molar-refractivity contribution is 8.15. The molecule has 0 saturated carbocycles. The summed E-state index contributed by atoms with van der Waals surface area (Å²) >= 11 is 1.03. The van der Waals surface area contributed by atoms with Crippen LogP contribution in [0.25, 0.3) is 0 Å². The lowest BCUT2D eigenvalue weighted by Crippen LogP contribution is -2.27. The lowest BCUT2D eigenvalue weighted by molar-refractivity contribution is -0.107. The SMILES string of the molecule is CC1=C(OS(C)(=O)=O)[C@@](C)(CC(C)CCOS(C)(=O)=O)SC1=O. The molecule has 0 amide bonds. The fourth-order valence-electron chi connectivity index (χ4n) is 2.42. The first-order valence-corrected chi connectivity index (χ1v) is 11.4. The van der Waals surface area contributed by atoms with Crippen LogP contribution in [-0.4, -0.2) is 45.8 Å². The zero-order chi connectivity index (χ0) is 18.1. The fraction of sp³-hybridized carbons (Fsp3) is 0.769. The summed E-state index contributed by atoms with van der Waals surface area (Å²) in [6.45, 7) is 5.21. The molecule has 0 aromatic heterocycles. The highest BCUT2D eigenvalue weighted by Gasteiger charge is 2.45. The van der Waals surface area contributed by atoms with Gasteiger partial charge in [-0.1, -0.05) is 18.7 Å². The van der Waals surface area contributed by atoms with E-state index >= 15 is 0 Å². The van der Waals surface area contributed by atoms with Crippen molar-refractivity contribution in [1.82, 2.24) is 0 Å². The van der Waals surface area contributed by atoms with Gasteiger partial charge >= 0.3 is 10.1 Å². The molecule has 0 aromatic rings. The van der Waals surface area contributed by atoms with Crippen molar-refractivity contribution in [3.05, 3.63) is 11.3 Å². The van der Waals surface area contributed by atoms with Gasteiger partial charge in [0.2, 0.25) is 5.12 Å². The molecule has 0 N–H and O–H groups in total. The van der Waals surface area contributed by atoms with E-state index < -0.39 is 25.0 Å². The molecule has 0 spiro atoms. The number of carbonyl (C=O) groups excluding carboxylic acids is 1. The monoisotopic (exact) mass is 386 g/mol. The molecule has 1 heterocycles. The Morgan fingerprint density at radius 1 is 1.17 bits per heavy atom. The second kappa shape index (κ2) is 7.12. The Bertz CT molecular complexity index is 706. The van der Waals surface area contributed by atoms with Crippen molar-refractivity contribution in [3.8, 4) is 0 Å². The highest BCUT2D eigenvalue weighted by Crippen LogP contribution is 2.48. The first-order chi connectivity index (χ1) is 10.2. The summed E-state index contributed by atoms with van der Waals surface area (Å²) in [5.74, 6) is 0.164. The van der Waals surface area contributed by atoms with Crippen molar-refractivity contribution >= 4 is 37.1 Å². The number of hydrogen-bond donors (Lipinski definition) is 0. The van der Waals surface area contributed by atoms with E-state index in [1.807, 2.05) is 6.92 Å². The van der Waals surface area contributed by atoms with E-state index in [1.54, 1.807) is 13.8 Å². The van der Waals surface area contributed by atoms with Crippen LogP contribution in [0.4, 0.5) is 0 Å². The molecule has 1 rings (SSSR count). The van der Waals surface area contributed by atoms with E-state index in [4.69, 9.17) is 8.37 Å². The smallest absolute Gasteiger partial charge is 0.305 e. The summed E-state index contributed by atoms with van der Waals surface area (Å²) in [4.78, 5) is 11.9. The minimum atomic E-state index is -3.73. The van der Waals surface area contributed by atoms with Crippen molar-refractivity contribution in [1.29, 1.82) is 0 Å². The maximum Gasteiger partial charge on any atom is 0.305 e. The van der Waals surface area contributed by atoms with Crippen molar-refractivity contribution in [2.45, 2.75) is 38.4 Å². The zero-order valence-electron chi connectivity index (χ0n) is 13.8. The van der Waals surface area contributed by atoms with Crippen molar-refractivity contribution < 1.29 is 30.0 Å². The normalized spacial score (nSPS) is 24.1. The molecule has 1 aliphatic heterocycles. The average molecular weight is 387 g/mol. The molecule has 7 nitrogen and oxygen atoms in total. The van der Waals surface area contributed by atoms with Crippen LogP contribution in [0.1, 0.15) is 33.6 Å². The van der Waals surface area contributed by atoms with Crippen LogP contribution in [0, 0.1) is 5.92 Å². The zero-order valence-corrected chi connectivity index (χ0v) is 16.2. The highest BCUT2D eigenvalue weighted by atomic mass is 32.2. The number of carbonyl (C=O) groups is 1. The molecule has 1 aliphatic rings. The van der Waals surface area contributed by atoms with Crippen LogP contribution in [0.3, 0.4) is 0 Å². The van der Waals surface area contributed by atoms with Gasteiger partial charge in [-0.25, -0.2) is 0 Å². The van der Waals surface area contributed by atoms with E-state index in [9.17, 15) is 21.6 Å². The molecule has 0 aromatic carbocycles. The summed E-state index contributed by atoms with van der Waals surface area (Å²) < 4.78 is 53.7. The predicted molar refractivity (Wildman–Crippen MR) is 88.8 cm³/mol. The molecule has 0 bridgehead atoms. The van der Waals surface area contributed by atoms with Gasteiger partial charge in [0, 0.05) is 5.57 Å². The summed E-state index contributed by atoms with van der Waals surface area (Å²) in [5.41, 5.74) is 0.294. The predicted octanol–water partition coefficient (Wildman–Crippen LogP) is 1.66. The summed E-state index contributed by atoms with van der Waals surface area (Å²) in [7, 11) is -7.22. The van der Waals surface area contributed by atoms with Gasteiger partial charge in [0.15, 0.2) is 0 Å². The lowest BCUT2D eigenvalue weighted by atomic mass is 9.91. The molecule has 0 radical (unpaired) electrons. The molecule has 0 fully saturated rings. The molecule has 23 heavy (non-hydrogen) atoms. The fourth-order valence-corrected chi connectivity index (χ4v) is 4.79. The second-order valence-electron chi connectivity index (χ2n) is 5.99. The topological polar surface area (TPSA) is 104 Å². The third-order valence-electron chi connectivity index (χ3n) is 3.33. The molecule has 0 aliphatic carbocycles. The van der Waals surface area contributed by atoms with Crippen LogP contribution in [0.2, 0.25) is 0 Å². The molecular formula is C13H22O7S3. The third-order valence-corrected chi connectivity index (χ3v) is 5.68. The Morgan fingerprint density at radius 3 is 2.22 bits per heavy atom. The number of hydrogen-bond acceptors (Lipinski definition) is 8. The Balaban J connectivity index is 2.82. The number of rotatable bonds is 8. The van der Waals surface area contributed by atoms with Gasteiger partial charge in [-0.2, -0.15) is 16.8 Å². The standard InChI is InChI=1S/C13H22O7S3/c1-9(6-7-19-22(4,15)16)8-13(3)11(20-23(5,17)18)10(2)12(14)21-13/h9H,6-8H2,1-5H3/t9?,13-/m1/s1. The van der Waals surface area contributed by atoms with Gasteiger partial charge in [-0.05, 0) is 32.6 Å². The lowest BCUT2D eigenvalue weighted by Gasteiger charge is -2.28. The second-order valence-corrected chi connectivity index (χ2v) is 10.7. The molecule has 1 unspecified atom stereocenters. The van der Waals surface area contributed by atoms with E-state index in [0.717, 1.165) is 24.3 Å². The van der Waals surface area contributed by atoms with Crippen LogP contribution in [-0.2, 0) is 33.4 Å². The minimum absolute atomic E-state index is 0.00566. The van der Waals surface area contributed by atoms with Crippen LogP contribution in [0.15, 0.2) is 11.3 Å². The molecule has 0 saturated heterocycles. The minimum Gasteiger partial charge on any atom is -0.385 e. The van der Waals surface area contributed by atoms with Crippen molar-refractivity contribution in [3.63, 3.8) is 0 Å². The van der Waals surface area contributed by atoms with Gasteiger partial charge in [0.1, 0.15) is 5.76 Å². The average Bonchev–Trinajstić information content (AvgIpc) is 2.49. The summed E-state index contributed by atoms with van der Waals surface area (Å²) in [5, 5.41) is -0.217. The van der Waals surface area contributed by atoms with Crippen molar-refractivity contribution in [2.75, 3.05) is 19.1 Å². The first kappa shape index (κ1) is 20.5. The molecule has 134 valence electrons. The van der Waals surface area contributed by atoms with E-state index in [2.05, 4.69) is 0 Å². The molecule has 2 atom stereocenters. The van der Waals surface area contributed by atoms with Crippen molar-refractivity contribution in [2.24, 2.45) is 5.92 Å². The summed E-state index contributed by atoms with van der Waals surface area (Å²) in [6, 6.07) is 0. The molecule has 10 heteroatoms. The van der Waals surface area contributed by atoms with Gasteiger partial charge in [0.25, 0.3) is 10.1 Å². The van der Waals surface area contributed by atoms with E-state index in [-0.39, 0.29) is 23.4 Å². The number of thioether (sulfide) groups is 1.